The molecule has 114 valence electrons. The summed E-state index contributed by atoms with van der Waals surface area (Å²) in [6.45, 7) is 3.70. The second-order valence-corrected chi connectivity index (χ2v) is 4.88. The Morgan fingerprint density at radius 3 is 2.67 bits per heavy atom. The van der Waals surface area contributed by atoms with Gasteiger partial charge in [-0.15, -0.1) is 0 Å². The normalized spacial score (nSPS) is 12.0. The second-order valence-electron chi connectivity index (χ2n) is 4.88. The van der Waals surface area contributed by atoms with E-state index < -0.39 is 17.3 Å². The van der Waals surface area contributed by atoms with Crippen LogP contribution in [0, 0.1) is 0 Å². The third kappa shape index (κ3) is 3.85. The van der Waals surface area contributed by atoms with E-state index >= 15 is 0 Å². The minimum Gasteiger partial charge on any atom is -0.322 e. The largest absolute Gasteiger partial charge is 0.417 e. The molecule has 1 aromatic carbocycles. The monoisotopic (exact) mass is 298 g/mol. The van der Waals surface area contributed by atoms with Crippen LogP contribution in [-0.4, -0.2) is 18.1 Å². The lowest BCUT2D eigenvalue weighted by Gasteiger charge is -2.11. The van der Waals surface area contributed by atoms with Crippen molar-refractivity contribution in [2.24, 2.45) is 0 Å². The summed E-state index contributed by atoms with van der Waals surface area (Å²) < 4.78 is 39.1. The molecule has 0 aliphatic carbocycles. The molecule has 0 radical (unpaired) electrons. The van der Waals surface area contributed by atoms with E-state index in [0.29, 0.717) is 12.5 Å². The summed E-state index contributed by atoms with van der Waals surface area (Å²) in [5.41, 5.74) is -0.576. The maximum absolute atomic E-state index is 13.0. The summed E-state index contributed by atoms with van der Waals surface area (Å²) in [7, 11) is 0. The number of aromatic nitrogens is 1. The first-order chi connectivity index (χ1) is 9.91. The first kappa shape index (κ1) is 15.6. The maximum atomic E-state index is 13.0. The Kier molecular flexibility index (Phi) is 4.67. The van der Waals surface area contributed by atoms with Gasteiger partial charge in [-0.2, -0.15) is 13.2 Å². The van der Waals surface area contributed by atoms with Gasteiger partial charge >= 0.3 is 6.18 Å². The van der Waals surface area contributed by atoms with Gasteiger partial charge in [-0.3, -0.25) is 4.79 Å². The fourth-order valence-corrected chi connectivity index (χ4v) is 2.29. The van der Waals surface area contributed by atoms with Gasteiger partial charge in [0.05, 0.1) is 5.56 Å². The van der Waals surface area contributed by atoms with Crippen molar-refractivity contribution in [3.63, 3.8) is 0 Å². The molecule has 0 atom stereocenters. The van der Waals surface area contributed by atoms with Gasteiger partial charge in [0.25, 0.3) is 0 Å². The lowest BCUT2D eigenvalue weighted by molar-refractivity contribution is -0.136. The van der Waals surface area contributed by atoms with Gasteiger partial charge in [-0.25, -0.2) is 0 Å². The Hall–Kier alpha value is -1.82. The first-order valence-corrected chi connectivity index (χ1v) is 6.85. The van der Waals surface area contributed by atoms with Crippen molar-refractivity contribution in [1.82, 2.24) is 10.3 Å². The summed E-state index contributed by atoms with van der Waals surface area (Å²) in [6.07, 6.45) is -2.99. The molecule has 1 heterocycles. The Labute approximate surface area is 120 Å². The number of hydrogen-bond acceptors (Lipinski definition) is 2. The van der Waals surface area contributed by atoms with Crippen LogP contribution in [0.2, 0.25) is 0 Å². The van der Waals surface area contributed by atoms with Crippen molar-refractivity contribution < 1.29 is 13.2 Å². The van der Waals surface area contributed by atoms with Gasteiger partial charge in [0.15, 0.2) is 0 Å². The zero-order valence-electron chi connectivity index (χ0n) is 11.7. The highest BCUT2D eigenvalue weighted by molar-refractivity contribution is 5.83. The average molecular weight is 298 g/mol. The van der Waals surface area contributed by atoms with Crippen LogP contribution in [0.1, 0.15) is 24.5 Å². The molecule has 0 amide bonds. The number of alkyl halides is 3. The molecule has 1 aromatic heterocycles. The number of pyridine rings is 1. The van der Waals surface area contributed by atoms with Crippen LogP contribution < -0.4 is 10.9 Å². The van der Waals surface area contributed by atoms with Crippen LogP contribution in [0.4, 0.5) is 13.2 Å². The topological polar surface area (TPSA) is 44.9 Å². The Balaban J connectivity index is 2.37. The molecule has 0 aliphatic heterocycles. The van der Waals surface area contributed by atoms with Crippen molar-refractivity contribution in [2.75, 3.05) is 13.1 Å². The minimum atomic E-state index is -4.53. The molecule has 0 bridgehead atoms. The van der Waals surface area contributed by atoms with E-state index in [9.17, 15) is 18.0 Å². The third-order valence-corrected chi connectivity index (χ3v) is 3.28. The number of nitrogens with one attached hydrogen (secondary N) is 2. The molecule has 0 saturated carbocycles. The highest BCUT2D eigenvalue weighted by Crippen LogP contribution is 2.33. The fraction of sp³-hybridized carbons (Fsp3) is 0.400. The average Bonchev–Trinajstić information content (AvgIpc) is 2.42. The minimum absolute atomic E-state index is 0.0445. The molecular formula is C15H17F3N2O. The van der Waals surface area contributed by atoms with E-state index in [0.717, 1.165) is 25.1 Å². The summed E-state index contributed by atoms with van der Waals surface area (Å²) in [4.78, 5) is 13.8. The van der Waals surface area contributed by atoms with Gasteiger partial charge in [0.2, 0.25) is 5.56 Å². The van der Waals surface area contributed by atoms with Gasteiger partial charge in [-0.05, 0) is 43.6 Å². The zero-order chi connectivity index (χ0) is 15.5. The molecule has 3 nitrogen and oxygen atoms in total. The smallest absolute Gasteiger partial charge is 0.322 e. The number of fused-ring (bicyclic) bond motifs is 1. The Morgan fingerprint density at radius 1 is 1.24 bits per heavy atom. The van der Waals surface area contributed by atoms with Crippen molar-refractivity contribution >= 4 is 10.9 Å². The van der Waals surface area contributed by atoms with Crippen molar-refractivity contribution in [1.29, 1.82) is 0 Å². The molecule has 21 heavy (non-hydrogen) atoms. The van der Waals surface area contributed by atoms with Crippen LogP contribution >= 0.6 is 0 Å². The van der Waals surface area contributed by atoms with Crippen LogP contribution in [0.25, 0.3) is 10.9 Å². The zero-order valence-corrected chi connectivity index (χ0v) is 11.7. The van der Waals surface area contributed by atoms with Crippen LogP contribution in [-0.2, 0) is 12.6 Å². The summed E-state index contributed by atoms with van der Waals surface area (Å²) in [5, 5.41) is 3.22. The van der Waals surface area contributed by atoms with E-state index in [4.69, 9.17) is 0 Å². The Bertz CT molecular complexity index is 677. The SMILES string of the molecule is CCNCCCc1ccc2[nH]c(=O)cc(C(F)(F)F)c2c1. The van der Waals surface area contributed by atoms with Crippen LogP contribution in [0.15, 0.2) is 29.1 Å². The van der Waals surface area contributed by atoms with Crippen molar-refractivity contribution in [3.05, 3.63) is 45.7 Å². The van der Waals surface area contributed by atoms with Crippen molar-refractivity contribution in [2.45, 2.75) is 25.9 Å². The molecule has 0 fully saturated rings. The van der Waals surface area contributed by atoms with Gasteiger partial charge in [-0.1, -0.05) is 13.0 Å². The number of aromatic amines is 1. The van der Waals surface area contributed by atoms with E-state index in [1.54, 1.807) is 6.07 Å². The van der Waals surface area contributed by atoms with Crippen molar-refractivity contribution in [3.8, 4) is 0 Å². The van der Waals surface area contributed by atoms with Gasteiger partial charge in [0, 0.05) is 17.0 Å². The van der Waals surface area contributed by atoms with E-state index in [-0.39, 0.29) is 10.9 Å². The maximum Gasteiger partial charge on any atom is 0.417 e. The highest BCUT2D eigenvalue weighted by atomic mass is 19.4. The van der Waals surface area contributed by atoms with E-state index in [2.05, 4.69) is 10.3 Å². The molecule has 0 saturated heterocycles. The molecule has 2 N–H and O–H groups in total. The summed E-state index contributed by atoms with van der Waals surface area (Å²) in [6, 6.07) is 5.42. The summed E-state index contributed by atoms with van der Waals surface area (Å²) in [5.74, 6) is 0. The second kappa shape index (κ2) is 6.30. The van der Waals surface area contributed by atoms with Gasteiger partial charge < -0.3 is 10.3 Å². The predicted octanol–water partition coefficient (Wildman–Crippen LogP) is 3.09. The number of H-pyrrole nitrogens is 1. The summed E-state index contributed by atoms with van der Waals surface area (Å²) >= 11 is 0. The number of halogens is 3. The highest BCUT2D eigenvalue weighted by Gasteiger charge is 2.33. The number of rotatable bonds is 5. The number of aryl methyl sites for hydroxylation is 1. The number of benzene rings is 1. The third-order valence-electron chi connectivity index (χ3n) is 3.28. The van der Waals surface area contributed by atoms with E-state index in [1.165, 1.54) is 12.1 Å². The van der Waals surface area contributed by atoms with E-state index in [1.807, 2.05) is 6.92 Å². The first-order valence-electron chi connectivity index (χ1n) is 6.85. The van der Waals surface area contributed by atoms with Gasteiger partial charge in [0.1, 0.15) is 0 Å². The lowest BCUT2D eigenvalue weighted by atomic mass is 10.0. The standard InChI is InChI=1S/C15H17F3N2O/c1-2-19-7-3-4-10-5-6-13-11(8-10)12(15(16,17)18)9-14(21)20-13/h5-6,8-9,19H,2-4,7H2,1H3,(H,20,21). The molecular weight excluding hydrogens is 281 g/mol. The molecule has 2 rings (SSSR count). The lowest BCUT2D eigenvalue weighted by Crippen LogP contribution is -2.15. The molecule has 6 heteroatoms. The molecule has 0 spiro atoms. The molecule has 2 aromatic rings. The Morgan fingerprint density at radius 2 is 2.00 bits per heavy atom. The fourth-order valence-electron chi connectivity index (χ4n) is 2.29. The molecule has 0 aliphatic rings. The van der Waals surface area contributed by atoms with Crippen LogP contribution in [0.5, 0.6) is 0 Å². The predicted molar refractivity (Wildman–Crippen MR) is 76.4 cm³/mol. The van der Waals surface area contributed by atoms with Crippen LogP contribution in [0.3, 0.4) is 0 Å². The number of hydrogen-bond donors (Lipinski definition) is 2. The quantitative estimate of drug-likeness (QED) is 0.833. The molecule has 0 unspecified atom stereocenters.